The maximum atomic E-state index is 12.2. The highest BCUT2D eigenvalue weighted by molar-refractivity contribution is 6.31. The second-order valence-corrected chi connectivity index (χ2v) is 5.86. The van der Waals surface area contributed by atoms with Gasteiger partial charge >= 0.3 is 12.0 Å². The molecule has 0 aromatic heterocycles. The smallest absolute Gasteiger partial charge is 0.321 e. The molecule has 1 fully saturated rings. The fourth-order valence-electron chi connectivity index (χ4n) is 2.50. The lowest BCUT2D eigenvalue weighted by Crippen LogP contribution is -2.33. The summed E-state index contributed by atoms with van der Waals surface area (Å²) in [4.78, 5) is 24.5. The molecule has 0 radical (unpaired) electrons. The van der Waals surface area contributed by atoms with E-state index >= 15 is 0 Å². The molecule has 1 aromatic carbocycles. The summed E-state index contributed by atoms with van der Waals surface area (Å²) in [6, 6.07) is 5.22. The lowest BCUT2D eigenvalue weighted by molar-refractivity contribution is -0.137. The number of aliphatic carboxylic acids is 1. The fraction of sp³-hybridized carbons (Fsp3) is 0.467. The number of carbonyl (C=O) groups is 2. The van der Waals surface area contributed by atoms with Gasteiger partial charge < -0.3 is 15.3 Å². The van der Waals surface area contributed by atoms with Crippen molar-refractivity contribution in [1.82, 2.24) is 4.90 Å². The number of likely N-dealkylation sites (tertiary alicyclic amines) is 1. The van der Waals surface area contributed by atoms with Crippen LogP contribution in [0, 0.1) is 12.8 Å². The SMILES string of the molecule is Cc1ccc(Cl)cc1NC(=O)N1CCC(CCC(=O)O)C1. The summed E-state index contributed by atoms with van der Waals surface area (Å²) in [5, 5.41) is 12.1. The summed E-state index contributed by atoms with van der Waals surface area (Å²) in [5.41, 5.74) is 1.66. The number of anilines is 1. The highest BCUT2D eigenvalue weighted by Gasteiger charge is 2.26. The third kappa shape index (κ3) is 4.36. The largest absolute Gasteiger partial charge is 0.481 e. The molecule has 2 N–H and O–H groups in total. The van der Waals surface area contributed by atoms with Gasteiger partial charge in [0.25, 0.3) is 0 Å². The van der Waals surface area contributed by atoms with Gasteiger partial charge in [0, 0.05) is 30.2 Å². The number of aryl methyl sites for hydroxylation is 1. The number of carbonyl (C=O) groups excluding carboxylic acids is 1. The minimum atomic E-state index is -0.785. The first-order chi connectivity index (χ1) is 9.95. The molecular formula is C15H19ClN2O3. The Kier molecular flexibility index (Phi) is 5.07. The van der Waals surface area contributed by atoms with Crippen LogP contribution in [0.2, 0.25) is 5.02 Å². The molecule has 2 rings (SSSR count). The Balaban J connectivity index is 1.90. The third-order valence-corrected chi connectivity index (χ3v) is 4.02. The van der Waals surface area contributed by atoms with Crippen LogP contribution in [0.1, 0.15) is 24.8 Å². The summed E-state index contributed by atoms with van der Waals surface area (Å²) in [5.74, 6) is -0.514. The number of hydrogen-bond acceptors (Lipinski definition) is 2. The van der Waals surface area contributed by atoms with E-state index < -0.39 is 5.97 Å². The van der Waals surface area contributed by atoms with E-state index in [4.69, 9.17) is 16.7 Å². The Morgan fingerprint density at radius 2 is 2.24 bits per heavy atom. The zero-order chi connectivity index (χ0) is 15.4. The number of amides is 2. The average Bonchev–Trinajstić information content (AvgIpc) is 2.89. The number of rotatable bonds is 4. The Morgan fingerprint density at radius 3 is 2.95 bits per heavy atom. The normalized spacial score (nSPS) is 17.8. The molecule has 2 amide bonds. The zero-order valence-electron chi connectivity index (χ0n) is 11.9. The molecule has 0 aliphatic carbocycles. The van der Waals surface area contributed by atoms with Crippen LogP contribution in [0.15, 0.2) is 18.2 Å². The molecule has 0 saturated carbocycles. The lowest BCUT2D eigenvalue weighted by atomic mass is 10.0. The van der Waals surface area contributed by atoms with Gasteiger partial charge in [0.2, 0.25) is 0 Å². The van der Waals surface area contributed by atoms with E-state index in [0.29, 0.717) is 30.2 Å². The molecule has 1 heterocycles. The van der Waals surface area contributed by atoms with Gasteiger partial charge in [-0.2, -0.15) is 0 Å². The number of halogens is 1. The maximum absolute atomic E-state index is 12.2. The first kappa shape index (κ1) is 15.6. The van der Waals surface area contributed by atoms with Crippen LogP contribution in [-0.4, -0.2) is 35.1 Å². The number of benzene rings is 1. The van der Waals surface area contributed by atoms with Gasteiger partial charge in [0.1, 0.15) is 0 Å². The molecule has 1 atom stereocenters. The molecule has 114 valence electrons. The van der Waals surface area contributed by atoms with Crippen LogP contribution in [0.3, 0.4) is 0 Å². The summed E-state index contributed by atoms with van der Waals surface area (Å²) in [7, 11) is 0. The molecule has 1 aliphatic rings. The summed E-state index contributed by atoms with van der Waals surface area (Å²) < 4.78 is 0. The van der Waals surface area contributed by atoms with Crippen molar-refractivity contribution in [3.63, 3.8) is 0 Å². The topological polar surface area (TPSA) is 69.6 Å². The van der Waals surface area contributed by atoms with E-state index in [9.17, 15) is 9.59 Å². The van der Waals surface area contributed by atoms with Crippen molar-refractivity contribution >= 4 is 29.3 Å². The maximum Gasteiger partial charge on any atom is 0.321 e. The number of hydrogen-bond donors (Lipinski definition) is 2. The van der Waals surface area contributed by atoms with E-state index in [0.717, 1.165) is 12.0 Å². The lowest BCUT2D eigenvalue weighted by Gasteiger charge is -2.18. The fourth-order valence-corrected chi connectivity index (χ4v) is 2.68. The van der Waals surface area contributed by atoms with Crippen molar-refractivity contribution in [2.75, 3.05) is 18.4 Å². The number of carboxylic acid groups (broad SMARTS) is 1. The van der Waals surface area contributed by atoms with Gasteiger partial charge in [-0.3, -0.25) is 4.79 Å². The van der Waals surface area contributed by atoms with Crippen molar-refractivity contribution in [1.29, 1.82) is 0 Å². The second-order valence-electron chi connectivity index (χ2n) is 5.42. The van der Waals surface area contributed by atoms with Crippen molar-refractivity contribution < 1.29 is 14.7 Å². The van der Waals surface area contributed by atoms with Crippen molar-refractivity contribution in [3.8, 4) is 0 Å². The molecule has 0 bridgehead atoms. The molecule has 1 saturated heterocycles. The molecule has 1 aliphatic heterocycles. The van der Waals surface area contributed by atoms with Gasteiger partial charge in [0.05, 0.1) is 0 Å². The van der Waals surface area contributed by atoms with E-state index in [-0.39, 0.29) is 18.4 Å². The van der Waals surface area contributed by atoms with Gasteiger partial charge in [-0.05, 0) is 43.4 Å². The Bertz CT molecular complexity index is 548. The van der Waals surface area contributed by atoms with Crippen LogP contribution in [-0.2, 0) is 4.79 Å². The summed E-state index contributed by atoms with van der Waals surface area (Å²) in [6.45, 7) is 3.18. The molecule has 0 spiro atoms. The number of carboxylic acids is 1. The quantitative estimate of drug-likeness (QED) is 0.896. The van der Waals surface area contributed by atoms with Crippen molar-refractivity contribution in [3.05, 3.63) is 28.8 Å². The van der Waals surface area contributed by atoms with Crippen LogP contribution in [0.25, 0.3) is 0 Å². The van der Waals surface area contributed by atoms with E-state index in [1.807, 2.05) is 13.0 Å². The van der Waals surface area contributed by atoms with E-state index in [1.165, 1.54) is 0 Å². The molecule has 6 heteroatoms. The highest BCUT2D eigenvalue weighted by Crippen LogP contribution is 2.24. The number of nitrogens with one attached hydrogen (secondary N) is 1. The highest BCUT2D eigenvalue weighted by atomic mass is 35.5. The van der Waals surface area contributed by atoms with E-state index in [1.54, 1.807) is 17.0 Å². The first-order valence-corrected chi connectivity index (χ1v) is 7.37. The Morgan fingerprint density at radius 1 is 1.48 bits per heavy atom. The Labute approximate surface area is 128 Å². The van der Waals surface area contributed by atoms with Gasteiger partial charge in [-0.15, -0.1) is 0 Å². The summed E-state index contributed by atoms with van der Waals surface area (Å²) >= 11 is 5.93. The summed E-state index contributed by atoms with van der Waals surface area (Å²) in [6.07, 6.45) is 1.64. The van der Waals surface area contributed by atoms with Crippen molar-refractivity contribution in [2.24, 2.45) is 5.92 Å². The second kappa shape index (κ2) is 6.80. The predicted molar refractivity (Wildman–Crippen MR) is 81.8 cm³/mol. The molecule has 21 heavy (non-hydrogen) atoms. The predicted octanol–water partition coefficient (Wildman–Crippen LogP) is 3.37. The van der Waals surface area contributed by atoms with Gasteiger partial charge in [-0.1, -0.05) is 17.7 Å². The molecule has 1 aromatic rings. The minimum Gasteiger partial charge on any atom is -0.481 e. The van der Waals surface area contributed by atoms with Crippen LogP contribution < -0.4 is 5.32 Å². The van der Waals surface area contributed by atoms with Crippen LogP contribution in [0.4, 0.5) is 10.5 Å². The molecular weight excluding hydrogens is 292 g/mol. The van der Waals surface area contributed by atoms with E-state index in [2.05, 4.69) is 5.32 Å². The Hall–Kier alpha value is -1.75. The third-order valence-electron chi connectivity index (χ3n) is 3.78. The van der Waals surface area contributed by atoms with Crippen LogP contribution in [0.5, 0.6) is 0 Å². The standard InChI is InChI=1S/C15H19ClN2O3/c1-10-2-4-12(16)8-13(10)17-15(21)18-7-6-11(9-18)3-5-14(19)20/h2,4,8,11H,3,5-7,9H2,1H3,(H,17,21)(H,19,20). The van der Waals surface area contributed by atoms with Crippen LogP contribution >= 0.6 is 11.6 Å². The zero-order valence-corrected chi connectivity index (χ0v) is 12.7. The number of urea groups is 1. The van der Waals surface area contributed by atoms with Crippen molar-refractivity contribution in [2.45, 2.75) is 26.2 Å². The monoisotopic (exact) mass is 310 g/mol. The molecule has 5 nitrogen and oxygen atoms in total. The first-order valence-electron chi connectivity index (χ1n) is 6.99. The molecule has 1 unspecified atom stereocenters. The number of nitrogens with zero attached hydrogens (tertiary/aromatic N) is 1. The van der Waals surface area contributed by atoms with Gasteiger partial charge in [-0.25, -0.2) is 4.79 Å². The average molecular weight is 311 g/mol. The van der Waals surface area contributed by atoms with Gasteiger partial charge in [0.15, 0.2) is 0 Å². The minimum absolute atomic E-state index is 0.154.